The number of benzene rings is 3. The Morgan fingerprint density at radius 1 is 0.864 bits per heavy atom. The fourth-order valence-corrected chi connectivity index (χ4v) is 4.55. The van der Waals surface area contributed by atoms with E-state index < -0.39 is 17.8 Å². The van der Waals surface area contributed by atoms with E-state index in [0.29, 0.717) is 12.2 Å². The average molecular weight is 607 g/mol. The first kappa shape index (κ1) is 33.1. The molecule has 4 rings (SSSR count). The summed E-state index contributed by atoms with van der Waals surface area (Å²) in [5.74, 6) is -1.17. The fraction of sp³-hybridized carbons (Fsp3) is 0.444. The van der Waals surface area contributed by atoms with Crippen molar-refractivity contribution in [2.24, 2.45) is 11.3 Å². The van der Waals surface area contributed by atoms with Gasteiger partial charge in [-0.15, -0.1) is 0 Å². The zero-order chi connectivity index (χ0) is 31.4. The smallest absolute Gasteiger partial charge is 0.343 e. The minimum atomic E-state index is -0.807. The molecule has 0 amide bonds. The van der Waals surface area contributed by atoms with Crippen LogP contribution in [-0.2, 0) is 14.2 Å². The highest BCUT2D eigenvalue weighted by atomic mass is 19.1. The van der Waals surface area contributed by atoms with E-state index in [1.807, 2.05) is 50.2 Å². The summed E-state index contributed by atoms with van der Waals surface area (Å²) < 4.78 is 41.9. The maximum absolute atomic E-state index is 14.5. The third-order valence-corrected chi connectivity index (χ3v) is 7.68. The van der Waals surface area contributed by atoms with Gasteiger partial charge in [-0.2, -0.15) is 0 Å². The molecule has 0 spiro atoms. The molecule has 1 fully saturated rings. The Kier molecular flexibility index (Phi) is 12.3. The number of rotatable bonds is 17. The number of hydrogen-bond acceptors (Lipinski definition) is 7. The summed E-state index contributed by atoms with van der Waals surface area (Å²) in [6.07, 6.45) is 5.13. The van der Waals surface area contributed by atoms with Crippen LogP contribution >= 0.6 is 0 Å². The molecule has 3 aromatic rings. The van der Waals surface area contributed by atoms with E-state index in [1.165, 1.54) is 12.1 Å². The van der Waals surface area contributed by atoms with Gasteiger partial charge in [-0.05, 0) is 72.7 Å². The lowest BCUT2D eigenvalue weighted by molar-refractivity contribution is -0.137. The second-order valence-corrected chi connectivity index (χ2v) is 11.9. The largest absolute Gasteiger partial charge is 0.494 e. The van der Waals surface area contributed by atoms with Crippen LogP contribution in [0.2, 0.25) is 0 Å². The van der Waals surface area contributed by atoms with Crippen LogP contribution in [0.3, 0.4) is 0 Å². The normalized spacial score (nSPS) is 14.4. The highest BCUT2D eigenvalue weighted by Crippen LogP contribution is 2.27. The number of esters is 2. The zero-order valence-corrected chi connectivity index (χ0v) is 25.9. The van der Waals surface area contributed by atoms with Crippen molar-refractivity contribution in [3.8, 4) is 22.6 Å². The molecule has 236 valence electrons. The molecule has 0 N–H and O–H groups in total. The summed E-state index contributed by atoms with van der Waals surface area (Å²) in [5, 5.41) is 0. The molecule has 0 unspecified atom stereocenters. The van der Waals surface area contributed by atoms with Crippen molar-refractivity contribution in [1.29, 1.82) is 0 Å². The summed E-state index contributed by atoms with van der Waals surface area (Å²) in [7, 11) is 0. The summed E-state index contributed by atoms with van der Waals surface area (Å²) in [6, 6.07) is 18.5. The van der Waals surface area contributed by atoms with Crippen LogP contribution in [0, 0.1) is 17.2 Å². The number of carbonyl (C=O) groups is 2. The van der Waals surface area contributed by atoms with E-state index in [1.54, 1.807) is 12.1 Å². The van der Waals surface area contributed by atoms with Gasteiger partial charge in [-0.1, -0.05) is 57.9 Å². The lowest BCUT2D eigenvalue weighted by Gasteiger charge is -2.37. The van der Waals surface area contributed by atoms with Gasteiger partial charge in [0.05, 0.1) is 44.2 Å². The maximum Gasteiger partial charge on any atom is 0.343 e. The van der Waals surface area contributed by atoms with Crippen LogP contribution in [0.4, 0.5) is 4.39 Å². The molecular weight excluding hydrogens is 563 g/mol. The van der Waals surface area contributed by atoms with Gasteiger partial charge in [0.2, 0.25) is 0 Å². The molecule has 1 aliphatic rings. The van der Waals surface area contributed by atoms with E-state index in [9.17, 15) is 14.0 Å². The molecule has 1 heterocycles. The van der Waals surface area contributed by atoms with Crippen LogP contribution in [0.5, 0.6) is 11.5 Å². The molecular formula is C36H43FO7. The van der Waals surface area contributed by atoms with E-state index in [4.69, 9.17) is 23.7 Å². The van der Waals surface area contributed by atoms with E-state index in [0.717, 1.165) is 81.5 Å². The zero-order valence-electron chi connectivity index (χ0n) is 25.9. The van der Waals surface area contributed by atoms with Crippen LogP contribution in [0.15, 0.2) is 66.7 Å². The second-order valence-electron chi connectivity index (χ2n) is 11.9. The van der Waals surface area contributed by atoms with Gasteiger partial charge in [0.15, 0.2) is 0 Å². The van der Waals surface area contributed by atoms with Crippen LogP contribution in [0.25, 0.3) is 11.1 Å². The second kappa shape index (κ2) is 16.4. The minimum absolute atomic E-state index is 0.00393. The fourth-order valence-electron chi connectivity index (χ4n) is 4.55. The van der Waals surface area contributed by atoms with Gasteiger partial charge in [0.25, 0.3) is 0 Å². The van der Waals surface area contributed by atoms with Crippen molar-refractivity contribution in [3.63, 3.8) is 0 Å². The van der Waals surface area contributed by atoms with E-state index in [2.05, 4.69) is 6.92 Å². The summed E-state index contributed by atoms with van der Waals surface area (Å²) >= 11 is 0. The Bertz CT molecular complexity index is 1350. The molecule has 44 heavy (non-hydrogen) atoms. The lowest BCUT2D eigenvalue weighted by atomic mass is 9.90. The average Bonchev–Trinajstić information content (AvgIpc) is 3.02. The van der Waals surface area contributed by atoms with Crippen molar-refractivity contribution in [2.75, 3.05) is 39.6 Å². The third-order valence-electron chi connectivity index (χ3n) is 7.68. The number of halogens is 1. The molecule has 1 atom stereocenters. The topological polar surface area (TPSA) is 80.3 Å². The quantitative estimate of drug-likeness (QED) is 0.0878. The van der Waals surface area contributed by atoms with Gasteiger partial charge in [-0.25, -0.2) is 14.0 Å². The van der Waals surface area contributed by atoms with Crippen LogP contribution < -0.4 is 9.47 Å². The molecule has 8 heteroatoms. The molecule has 0 saturated carbocycles. The predicted octanol–water partition coefficient (Wildman–Crippen LogP) is 7.91. The molecule has 0 bridgehead atoms. The number of unbranched alkanes of at least 4 members (excludes halogenated alkanes) is 3. The first-order chi connectivity index (χ1) is 21.3. The number of carbonyl (C=O) groups excluding carboxylic acids is 2. The Morgan fingerprint density at radius 3 is 2.11 bits per heavy atom. The standard InChI is InChI=1S/C36H43FO7/c1-4-26(2)22-43-35(39)32-18-17-31(21-33(32)37)44-34(38)29-11-9-27(10-12-29)28-13-15-30(16-14-28)42-20-8-6-5-7-19-40-23-36(3)24-41-25-36/h9-18,21,26H,4-8,19-20,22-25H2,1-3H3/t26-/m0/s1. The summed E-state index contributed by atoms with van der Waals surface area (Å²) in [6.45, 7) is 10.2. The van der Waals surface area contributed by atoms with Crippen LogP contribution in [-0.4, -0.2) is 51.6 Å². The third kappa shape index (κ3) is 9.89. The summed E-state index contributed by atoms with van der Waals surface area (Å²) in [4.78, 5) is 24.8. The Labute approximate surface area is 259 Å². The van der Waals surface area contributed by atoms with Crippen molar-refractivity contribution >= 4 is 11.9 Å². The monoisotopic (exact) mass is 606 g/mol. The van der Waals surface area contributed by atoms with Crippen molar-refractivity contribution in [2.45, 2.75) is 52.9 Å². The van der Waals surface area contributed by atoms with Gasteiger partial charge in [0.1, 0.15) is 17.3 Å². The predicted molar refractivity (Wildman–Crippen MR) is 167 cm³/mol. The highest BCUT2D eigenvalue weighted by Gasteiger charge is 2.33. The Morgan fingerprint density at radius 2 is 1.50 bits per heavy atom. The van der Waals surface area contributed by atoms with Gasteiger partial charge < -0.3 is 23.7 Å². The van der Waals surface area contributed by atoms with Gasteiger partial charge >= 0.3 is 11.9 Å². The highest BCUT2D eigenvalue weighted by molar-refractivity contribution is 5.92. The molecule has 7 nitrogen and oxygen atoms in total. The van der Waals surface area contributed by atoms with Gasteiger partial charge in [0, 0.05) is 18.1 Å². The van der Waals surface area contributed by atoms with Crippen molar-refractivity contribution < 1.29 is 37.7 Å². The molecule has 1 aliphatic heterocycles. The molecule has 0 aliphatic carbocycles. The Balaban J connectivity index is 1.17. The molecule has 0 aromatic heterocycles. The van der Waals surface area contributed by atoms with Crippen molar-refractivity contribution in [3.05, 3.63) is 83.7 Å². The van der Waals surface area contributed by atoms with Crippen LogP contribution in [0.1, 0.15) is 73.6 Å². The molecule has 3 aromatic carbocycles. The van der Waals surface area contributed by atoms with Crippen molar-refractivity contribution in [1.82, 2.24) is 0 Å². The summed E-state index contributed by atoms with van der Waals surface area (Å²) in [5.41, 5.74) is 2.25. The molecule has 0 radical (unpaired) electrons. The first-order valence-electron chi connectivity index (χ1n) is 15.4. The first-order valence-corrected chi connectivity index (χ1v) is 15.4. The lowest BCUT2D eigenvalue weighted by Crippen LogP contribution is -2.43. The number of hydrogen-bond donors (Lipinski definition) is 0. The van der Waals surface area contributed by atoms with Gasteiger partial charge in [-0.3, -0.25) is 0 Å². The van der Waals surface area contributed by atoms with E-state index in [-0.39, 0.29) is 29.3 Å². The Hall–Kier alpha value is -3.75. The maximum atomic E-state index is 14.5. The number of ether oxygens (including phenoxy) is 5. The minimum Gasteiger partial charge on any atom is -0.494 e. The SMILES string of the molecule is CC[C@H](C)COC(=O)c1ccc(OC(=O)c2ccc(-c3ccc(OCCCCCCOCC4(C)COC4)cc3)cc2)cc1F. The van der Waals surface area contributed by atoms with E-state index >= 15 is 0 Å². The molecule has 1 saturated heterocycles.